The third-order valence-electron chi connectivity index (χ3n) is 7.44. The smallest absolute Gasteiger partial charge is 0.377 e. The third kappa shape index (κ3) is 6.61. The lowest BCUT2D eigenvalue weighted by Gasteiger charge is -2.27. The first kappa shape index (κ1) is 31.1. The maximum absolute atomic E-state index is 15.2. The highest BCUT2D eigenvalue weighted by Gasteiger charge is 2.29. The number of nitrogens with zero attached hydrogens (tertiary/aromatic N) is 6. The number of methoxy groups -OCH3 is 1. The zero-order valence-corrected chi connectivity index (χ0v) is 25.0. The second-order valence-electron chi connectivity index (χ2n) is 10.5. The van der Waals surface area contributed by atoms with Crippen molar-refractivity contribution in [2.45, 2.75) is 39.2 Å². The molecule has 1 saturated heterocycles. The zero-order chi connectivity index (χ0) is 31.9. The molecule has 1 aliphatic rings. The summed E-state index contributed by atoms with van der Waals surface area (Å²) in [5, 5.41) is 7.53. The number of halogens is 1. The normalized spacial score (nSPS) is 12.9. The Kier molecular flexibility index (Phi) is 9.66. The van der Waals surface area contributed by atoms with E-state index < -0.39 is 29.4 Å². The van der Waals surface area contributed by atoms with Gasteiger partial charge in [0, 0.05) is 25.3 Å². The second-order valence-corrected chi connectivity index (χ2v) is 10.5. The standard InChI is InChI=1S/C32H33FN6O6/c1-3-17-37(23-15-16-27(44-2)25(20-23)30(41)45-21-22-11-6-4-7-12-22)31(42)39-32(43)38(34-35-39)28-24(13-10-14-26(28)33)29(40)36-18-8-5-9-19-36/h4,6-7,10-16,20H,3,5,8-9,17-19,21H2,1-2H3. The Morgan fingerprint density at radius 2 is 1.69 bits per heavy atom. The van der Waals surface area contributed by atoms with Crippen molar-refractivity contribution >= 4 is 23.6 Å². The summed E-state index contributed by atoms with van der Waals surface area (Å²) in [6.07, 6.45) is 3.13. The first-order valence-electron chi connectivity index (χ1n) is 14.7. The number of piperidine rings is 1. The predicted octanol–water partition coefficient (Wildman–Crippen LogP) is 4.44. The SMILES string of the molecule is CCCN(C(=O)n1nnn(-c2c(F)cccc2C(=O)N2CCCCC2)c1=O)c1ccc(OC)c(C(=O)OCc2ccccc2)c1. The van der Waals surface area contributed by atoms with Crippen LogP contribution in [0.2, 0.25) is 0 Å². The first-order chi connectivity index (χ1) is 21.8. The van der Waals surface area contributed by atoms with Crippen molar-refractivity contribution in [3.63, 3.8) is 0 Å². The van der Waals surface area contributed by atoms with E-state index in [-0.39, 0.29) is 41.4 Å². The second kappa shape index (κ2) is 14.0. The number of ether oxygens (including phenoxy) is 2. The number of likely N-dealkylation sites (tertiary alicyclic amines) is 1. The minimum absolute atomic E-state index is 0.0292. The van der Waals surface area contributed by atoms with Gasteiger partial charge >= 0.3 is 17.7 Å². The number of benzene rings is 3. The molecule has 1 aromatic heterocycles. The monoisotopic (exact) mass is 616 g/mol. The molecule has 0 unspecified atom stereocenters. The fraction of sp³-hybridized carbons (Fsp3) is 0.312. The van der Waals surface area contributed by atoms with Crippen LogP contribution < -0.4 is 15.3 Å². The lowest BCUT2D eigenvalue weighted by Crippen LogP contribution is -2.42. The minimum atomic E-state index is -1.06. The molecular formula is C32H33FN6O6. The lowest BCUT2D eigenvalue weighted by molar-refractivity contribution is 0.0468. The molecule has 2 amide bonds. The summed E-state index contributed by atoms with van der Waals surface area (Å²) in [6, 6.07) is 16.7. The number of rotatable bonds is 9. The Bertz CT molecular complexity index is 1750. The first-order valence-corrected chi connectivity index (χ1v) is 14.7. The van der Waals surface area contributed by atoms with E-state index in [1.54, 1.807) is 11.0 Å². The summed E-state index contributed by atoms with van der Waals surface area (Å²) < 4.78 is 27.2. The van der Waals surface area contributed by atoms with Gasteiger partial charge in [0.15, 0.2) is 0 Å². The molecule has 13 heteroatoms. The molecule has 3 aromatic carbocycles. The number of amides is 2. The van der Waals surface area contributed by atoms with E-state index in [1.807, 2.05) is 37.3 Å². The van der Waals surface area contributed by atoms with Crippen molar-refractivity contribution < 1.29 is 28.2 Å². The van der Waals surface area contributed by atoms with Crippen LogP contribution in [0.5, 0.6) is 5.75 Å². The van der Waals surface area contributed by atoms with E-state index in [4.69, 9.17) is 9.47 Å². The molecule has 1 aliphatic heterocycles. The number of esters is 1. The van der Waals surface area contributed by atoms with Crippen molar-refractivity contribution in [3.8, 4) is 11.4 Å². The average Bonchev–Trinajstić information content (AvgIpc) is 3.46. The van der Waals surface area contributed by atoms with Gasteiger partial charge in [0.25, 0.3) is 5.91 Å². The molecule has 1 fully saturated rings. The van der Waals surface area contributed by atoms with E-state index >= 15 is 4.39 Å². The van der Waals surface area contributed by atoms with Crippen LogP contribution >= 0.6 is 0 Å². The number of hydrogen-bond acceptors (Lipinski definition) is 8. The highest BCUT2D eigenvalue weighted by molar-refractivity contribution is 5.99. The summed E-state index contributed by atoms with van der Waals surface area (Å²) >= 11 is 0. The Labute approximate surface area is 258 Å². The van der Waals surface area contributed by atoms with Crippen LogP contribution in [0.3, 0.4) is 0 Å². The van der Waals surface area contributed by atoms with E-state index in [0.717, 1.165) is 30.9 Å². The fourth-order valence-corrected chi connectivity index (χ4v) is 5.17. The molecule has 0 radical (unpaired) electrons. The molecule has 4 aromatic rings. The molecule has 0 saturated carbocycles. The van der Waals surface area contributed by atoms with Crippen LogP contribution in [0, 0.1) is 5.82 Å². The maximum atomic E-state index is 15.2. The highest BCUT2D eigenvalue weighted by Crippen LogP contribution is 2.27. The molecule has 0 atom stereocenters. The molecule has 5 rings (SSSR count). The third-order valence-corrected chi connectivity index (χ3v) is 7.44. The van der Waals surface area contributed by atoms with E-state index in [1.165, 1.54) is 36.3 Å². The molecule has 234 valence electrons. The summed E-state index contributed by atoms with van der Waals surface area (Å²) in [5.74, 6) is -1.74. The molecule has 0 spiro atoms. The van der Waals surface area contributed by atoms with Crippen LogP contribution in [0.4, 0.5) is 14.9 Å². The summed E-state index contributed by atoms with van der Waals surface area (Å²) in [4.78, 5) is 56.5. The van der Waals surface area contributed by atoms with E-state index in [0.29, 0.717) is 28.9 Å². The molecule has 0 N–H and O–H groups in total. The summed E-state index contributed by atoms with van der Waals surface area (Å²) in [7, 11) is 1.41. The molecule has 2 heterocycles. The number of hydrogen-bond donors (Lipinski definition) is 0. The van der Waals surface area contributed by atoms with Gasteiger partial charge in [-0.2, -0.15) is 4.68 Å². The Morgan fingerprint density at radius 3 is 2.40 bits per heavy atom. The molecule has 0 aliphatic carbocycles. The van der Waals surface area contributed by atoms with Crippen molar-refractivity contribution in [3.05, 3.63) is 99.7 Å². The number of aromatic nitrogens is 4. The van der Waals surface area contributed by atoms with Crippen LogP contribution in [-0.4, -0.2) is 69.3 Å². The quantitative estimate of drug-likeness (QED) is 0.199. The van der Waals surface area contributed by atoms with Crippen LogP contribution in [0.15, 0.2) is 71.5 Å². The zero-order valence-electron chi connectivity index (χ0n) is 25.0. The average molecular weight is 617 g/mol. The highest BCUT2D eigenvalue weighted by atomic mass is 19.1. The number of carbonyl (C=O) groups excluding carboxylic acids is 3. The lowest BCUT2D eigenvalue weighted by atomic mass is 10.1. The Balaban J connectivity index is 1.46. The molecule has 0 bridgehead atoms. The summed E-state index contributed by atoms with van der Waals surface area (Å²) in [5.41, 5.74) is -0.368. The summed E-state index contributed by atoms with van der Waals surface area (Å²) in [6.45, 7) is 3.04. The van der Waals surface area contributed by atoms with Gasteiger partial charge in [0.1, 0.15) is 29.4 Å². The van der Waals surface area contributed by atoms with Gasteiger partial charge in [-0.05, 0) is 72.0 Å². The van der Waals surface area contributed by atoms with Crippen LogP contribution in [0.1, 0.15) is 58.9 Å². The van der Waals surface area contributed by atoms with Gasteiger partial charge in [0.05, 0.1) is 12.7 Å². The number of carbonyl (C=O) groups is 3. The molecular weight excluding hydrogens is 583 g/mol. The number of anilines is 1. The van der Waals surface area contributed by atoms with E-state index in [2.05, 4.69) is 10.4 Å². The largest absolute Gasteiger partial charge is 0.496 e. The number of para-hydroxylation sites is 1. The van der Waals surface area contributed by atoms with Gasteiger partial charge in [-0.1, -0.05) is 43.3 Å². The fourth-order valence-electron chi connectivity index (χ4n) is 5.17. The Hall–Kier alpha value is -5.33. The minimum Gasteiger partial charge on any atom is -0.496 e. The van der Waals surface area contributed by atoms with Gasteiger partial charge in [-0.25, -0.2) is 18.8 Å². The molecule has 45 heavy (non-hydrogen) atoms. The van der Waals surface area contributed by atoms with Crippen molar-refractivity contribution in [2.75, 3.05) is 31.6 Å². The van der Waals surface area contributed by atoms with Gasteiger partial charge in [-0.3, -0.25) is 9.69 Å². The van der Waals surface area contributed by atoms with Crippen molar-refractivity contribution in [1.82, 2.24) is 24.7 Å². The number of tetrazole rings is 1. The predicted molar refractivity (Wildman–Crippen MR) is 162 cm³/mol. The Morgan fingerprint density at radius 1 is 0.933 bits per heavy atom. The van der Waals surface area contributed by atoms with Gasteiger partial charge in [0.2, 0.25) is 0 Å². The topological polar surface area (TPSA) is 129 Å². The van der Waals surface area contributed by atoms with Crippen LogP contribution in [0.25, 0.3) is 5.69 Å². The molecule has 12 nitrogen and oxygen atoms in total. The van der Waals surface area contributed by atoms with Gasteiger partial charge in [-0.15, -0.1) is 4.68 Å². The van der Waals surface area contributed by atoms with Crippen molar-refractivity contribution in [2.24, 2.45) is 0 Å². The van der Waals surface area contributed by atoms with Crippen LogP contribution in [-0.2, 0) is 11.3 Å². The van der Waals surface area contributed by atoms with Gasteiger partial charge < -0.3 is 14.4 Å². The maximum Gasteiger partial charge on any atom is 0.377 e. The van der Waals surface area contributed by atoms with E-state index in [9.17, 15) is 19.2 Å². The van der Waals surface area contributed by atoms with Crippen molar-refractivity contribution in [1.29, 1.82) is 0 Å².